The molecule has 0 saturated carbocycles. The molecule has 0 bridgehead atoms. The van der Waals surface area contributed by atoms with Crippen molar-refractivity contribution in [2.24, 2.45) is 0 Å². The number of ether oxygens (including phenoxy) is 2. The molecule has 2 aromatic carbocycles. The lowest BCUT2D eigenvalue weighted by Gasteiger charge is -2.37. The zero-order valence-electron chi connectivity index (χ0n) is 20.7. The van der Waals surface area contributed by atoms with Crippen molar-refractivity contribution < 1.29 is 14.3 Å². The first-order valence-corrected chi connectivity index (χ1v) is 12.7. The maximum absolute atomic E-state index is 13.1. The zero-order valence-corrected chi connectivity index (χ0v) is 21.5. The standard InChI is InChI=1S/C27H29N5O3S/c1-18-23-25(32-14-12-31(13-15-32)20-8-10-21(34-2)11-9-20)29-17-30-27(23)36-24(18)26(33)28-16-19-6-4-5-7-22(19)35-3/h4-11,17H,12-16H2,1-3H3,(H,28,33). The average Bonchev–Trinajstić information content (AvgIpc) is 3.28. The Kier molecular flexibility index (Phi) is 6.90. The Morgan fingerprint density at radius 1 is 0.972 bits per heavy atom. The molecule has 1 amide bonds. The van der Waals surface area contributed by atoms with Crippen molar-refractivity contribution in [1.82, 2.24) is 15.3 Å². The van der Waals surface area contributed by atoms with E-state index in [1.165, 1.54) is 17.0 Å². The van der Waals surface area contributed by atoms with E-state index >= 15 is 0 Å². The number of nitrogens with zero attached hydrogens (tertiary/aromatic N) is 4. The molecule has 3 heterocycles. The summed E-state index contributed by atoms with van der Waals surface area (Å²) < 4.78 is 10.7. The third-order valence-corrected chi connectivity index (χ3v) is 7.76. The lowest BCUT2D eigenvalue weighted by molar-refractivity contribution is 0.0954. The van der Waals surface area contributed by atoms with Gasteiger partial charge in [-0.3, -0.25) is 4.79 Å². The van der Waals surface area contributed by atoms with Gasteiger partial charge in [0.25, 0.3) is 5.91 Å². The fourth-order valence-electron chi connectivity index (χ4n) is 4.58. The second kappa shape index (κ2) is 10.4. The summed E-state index contributed by atoms with van der Waals surface area (Å²) in [7, 11) is 3.31. The van der Waals surface area contributed by atoms with E-state index in [0.717, 1.165) is 64.8 Å². The Labute approximate surface area is 214 Å². The molecule has 1 aliphatic rings. The zero-order chi connectivity index (χ0) is 25.1. The molecule has 0 aliphatic carbocycles. The second-order valence-corrected chi connectivity index (χ2v) is 9.60. The number of aryl methyl sites for hydroxylation is 1. The van der Waals surface area contributed by atoms with E-state index in [0.29, 0.717) is 11.4 Å². The highest BCUT2D eigenvalue weighted by Gasteiger charge is 2.25. The predicted molar refractivity (Wildman–Crippen MR) is 144 cm³/mol. The highest BCUT2D eigenvalue weighted by Crippen LogP contribution is 2.35. The van der Waals surface area contributed by atoms with Crippen molar-refractivity contribution in [3.05, 3.63) is 70.9 Å². The fourth-order valence-corrected chi connectivity index (χ4v) is 5.64. The third-order valence-electron chi connectivity index (χ3n) is 6.56. The van der Waals surface area contributed by atoms with Crippen LogP contribution in [0.1, 0.15) is 20.8 Å². The summed E-state index contributed by atoms with van der Waals surface area (Å²) in [5.41, 5.74) is 3.03. The summed E-state index contributed by atoms with van der Waals surface area (Å²) in [6.45, 7) is 5.81. The Hall–Kier alpha value is -3.85. The summed E-state index contributed by atoms with van der Waals surface area (Å²) in [5, 5.41) is 4.00. The van der Waals surface area contributed by atoms with Gasteiger partial charge in [0.05, 0.1) is 24.5 Å². The van der Waals surface area contributed by atoms with E-state index < -0.39 is 0 Å². The first-order valence-electron chi connectivity index (χ1n) is 11.9. The van der Waals surface area contributed by atoms with Crippen LogP contribution in [-0.4, -0.2) is 56.3 Å². The Bertz CT molecular complexity index is 1360. The molecule has 186 valence electrons. The van der Waals surface area contributed by atoms with Crippen LogP contribution in [0, 0.1) is 6.92 Å². The van der Waals surface area contributed by atoms with Crippen LogP contribution in [0.3, 0.4) is 0 Å². The summed E-state index contributed by atoms with van der Waals surface area (Å²) in [6.07, 6.45) is 1.60. The van der Waals surface area contributed by atoms with E-state index in [4.69, 9.17) is 9.47 Å². The van der Waals surface area contributed by atoms with Gasteiger partial charge in [-0.05, 0) is 42.8 Å². The molecule has 0 unspecified atom stereocenters. The van der Waals surface area contributed by atoms with Crippen molar-refractivity contribution in [1.29, 1.82) is 0 Å². The Balaban J connectivity index is 1.32. The topological polar surface area (TPSA) is 79.8 Å². The molecule has 0 atom stereocenters. The fraction of sp³-hybridized carbons (Fsp3) is 0.296. The molecule has 36 heavy (non-hydrogen) atoms. The number of para-hydroxylation sites is 1. The van der Waals surface area contributed by atoms with Crippen LogP contribution < -0.4 is 24.6 Å². The molecule has 1 fully saturated rings. The van der Waals surface area contributed by atoms with Crippen molar-refractivity contribution in [2.75, 3.05) is 50.2 Å². The molecule has 2 aromatic heterocycles. The summed E-state index contributed by atoms with van der Waals surface area (Å²) >= 11 is 1.41. The van der Waals surface area contributed by atoms with Crippen LogP contribution in [0.4, 0.5) is 11.5 Å². The van der Waals surface area contributed by atoms with Crippen LogP contribution in [0.2, 0.25) is 0 Å². The van der Waals surface area contributed by atoms with Gasteiger partial charge in [-0.1, -0.05) is 18.2 Å². The number of hydrogen-bond acceptors (Lipinski definition) is 8. The number of benzene rings is 2. The molecule has 4 aromatic rings. The van der Waals surface area contributed by atoms with Crippen LogP contribution in [0.15, 0.2) is 54.9 Å². The lowest BCUT2D eigenvalue weighted by atomic mass is 10.1. The van der Waals surface area contributed by atoms with Crippen molar-refractivity contribution in [3.8, 4) is 11.5 Å². The van der Waals surface area contributed by atoms with Gasteiger partial charge in [0, 0.05) is 44.0 Å². The number of nitrogens with one attached hydrogen (secondary N) is 1. The number of carbonyl (C=O) groups excluding carboxylic acids is 1. The molecule has 9 heteroatoms. The number of fused-ring (bicyclic) bond motifs is 1. The molecule has 0 radical (unpaired) electrons. The largest absolute Gasteiger partial charge is 0.497 e. The normalized spacial score (nSPS) is 13.6. The highest BCUT2D eigenvalue weighted by atomic mass is 32.1. The number of anilines is 2. The SMILES string of the molecule is COc1ccc(N2CCN(c3ncnc4sc(C(=O)NCc5ccccc5OC)c(C)c34)CC2)cc1. The minimum Gasteiger partial charge on any atom is -0.497 e. The van der Waals surface area contributed by atoms with Gasteiger partial charge in [0.1, 0.15) is 28.5 Å². The van der Waals surface area contributed by atoms with Gasteiger partial charge in [-0.15, -0.1) is 11.3 Å². The van der Waals surface area contributed by atoms with E-state index in [1.54, 1.807) is 20.5 Å². The minimum absolute atomic E-state index is 0.114. The maximum Gasteiger partial charge on any atom is 0.261 e. The van der Waals surface area contributed by atoms with Gasteiger partial charge in [0.15, 0.2) is 0 Å². The molecule has 1 aliphatic heterocycles. The summed E-state index contributed by atoms with van der Waals surface area (Å²) in [5.74, 6) is 2.40. The average molecular weight is 504 g/mol. The monoisotopic (exact) mass is 503 g/mol. The number of methoxy groups -OCH3 is 2. The quantitative estimate of drug-likeness (QED) is 0.403. The highest BCUT2D eigenvalue weighted by molar-refractivity contribution is 7.20. The molecule has 1 saturated heterocycles. The number of hydrogen-bond donors (Lipinski definition) is 1. The number of aromatic nitrogens is 2. The maximum atomic E-state index is 13.1. The minimum atomic E-state index is -0.114. The van der Waals surface area contributed by atoms with Gasteiger partial charge in [-0.2, -0.15) is 0 Å². The number of thiophene rings is 1. The molecular formula is C27H29N5O3S. The van der Waals surface area contributed by atoms with Crippen LogP contribution in [-0.2, 0) is 6.54 Å². The van der Waals surface area contributed by atoms with E-state index in [9.17, 15) is 4.79 Å². The van der Waals surface area contributed by atoms with E-state index in [-0.39, 0.29) is 5.91 Å². The number of amides is 1. The smallest absolute Gasteiger partial charge is 0.261 e. The van der Waals surface area contributed by atoms with Crippen molar-refractivity contribution >= 4 is 39.0 Å². The van der Waals surface area contributed by atoms with Gasteiger partial charge < -0.3 is 24.6 Å². The van der Waals surface area contributed by atoms with Crippen LogP contribution in [0.5, 0.6) is 11.5 Å². The lowest BCUT2D eigenvalue weighted by Crippen LogP contribution is -2.46. The Morgan fingerprint density at radius 3 is 2.42 bits per heavy atom. The van der Waals surface area contributed by atoms with Gasteiger partial charge in [-0.25, -0.2) is 9.97 Å². The summed E-state index contributed by atoms with van der Waals surface area (Å²) in [4.78, 5) is 28.4. The van der Waals surface area contributed by atoms with E-state index in [1.807, 2.05) is 43.3 Å². The molecule has 5 rings (SSSR count). The van der Waals surface area contributed by atoms with Crippen molar-refractivity contribution in [3.63, 3.8) is 0 Å². The van der Waals surface area contributed by atoms with E-state index in [2.05, 4.69) is 37.2 Å². The number of carbonyl (C=O) groups is 1. The number of rotatable bonds is 7. The summed E-state index contributed by atoms with van der Waals surface area (Å²) in [6, 6.07) is 15.9. The van der Waals surface area contributed by atoms with Crippen LogP contribution in [0.25, 0.3) is 10.2 Å². The van der Waals surface area contributed by atoms with Crippen LogP contribution >= 0.6 is 11.3 Å². The predicted octanol–water partition coefficient (Wildman–Crippen LogP) is 4.27. The molecule has 0 spiro atoms. The molecule has 1 N–H and O–H groups in total. The molecular weight excluding hydrogens is 474 g/mol. The van der Waals surface area contributed by atoms with Gasteiger partial charge >= 0.3 is 0 Å². The number of piperazine rings is 1. The Morgan fingerprint density at radius 2 is 1.69 bits per heavy atom. The third kappa shape index (κ3) is 4.66. The first kappa shape index (κ1) is 23.9. The van der Waals surface area contributed by atoms with Crippen molar-refractivity contribution in [2.45, 2.75) is 13.5 Å². The molecule has 8 nitrogen and oxygen atoms in total. The van der Waals surface area contributed by atoms with Gasteiger partial charge in [0.2, 0.25) is 0 Å². The second-order valence-electron chi connectivity index (χ2n) is 8.60. The first-order chi connectivity index (χ1) is 17.6.